The molecular formula is C19H19ClN2OS. The van der Waals surface area contributed by atoms with Crippen molar-refractivity contribution in [3.8, 4) is 16.2 Å². The Bertz CT molecular complexity index is 769. The number of halogens is 1. The maximum atomic E-state index is 5.89. The summed E-state index contributed by atoms with van der Waals surface area (Å²) < 4.78 is 5.19. The molecule has 3 nitrogen and oxygen atoms in total. The first-order chi connectivity index (χ1) is 11.7. The van der Waals surface area contributed by atoms with Crippen molar-refractivity contribution in [3.05, 3.63) is 70.3 Å². The van der Waals surface area contributed by atoms with Gasteiger partial charge in [-0.1, -0.05) is 23.7 Å². The van der Waals surface area contributed by atoms with E-state index in [2.05, 4.69) is 34.6 Å². The number of aromatic nitrogens is 1. The second-order valence-corrected chi connectivity index (χ2v) is 6.95. The topological polar surface area (TPSA) is 34.1 Å². The van der Waals surface area contributed by atoms with Crippen LogP contribution in [0.1, 0.15) is 10.6 Å². The molecule has 0 saturated heterocycles. The van der Waals surface area contributed by atoms with E-state index in [0.717, 1.165) is 35.3 Å². The van der Waals surface area contributed by atoms with Gasteiger partial charge in [-0.25, -0.2) is 4.98 Å². The van der Waals surface area contributed by atoms with Gasteiger partial charge in [0.25, 0.3) is 0 Å². The zero-order chi connectivity index (χ0) is 16.8. The van der Waals surface area contributed by atoms with Crippen molar-refractivity contribution in [2.45, 2.75) is 13.0 Å². The monoisotopic (exact) mass is 358 g/mol. The Morgan fingerprint density at radius 1 is 1.08 bits per heavy atom. The summed E-state index contributed by atoms with van der Waals surface area (Å²) in [7, 11) is 1.68. The van der Waals surface area contributed by atoms with Crippen LogP contribution < -0.4 is 10.1 Å². The van der Waals surface area contributed by atoms with Crippen molar-refractivity contribution >= 4 is 22.9 Å². The molecule has 124 valence electrons. The molecule has 0 unspecified atom stereocenters. The molecule has 0 bridgehead atoms. The predicted molar refractivity (Wildman–Crippen MR) is 101 cm³/mol. The minimum atomic E-state index is 0.778. The summed E-state index contributed by atoms with van der Waals surface area (Å²) in [4.78, 5) is 5.67. The second-order valence-electron chi connectivity index (χ2n) is 5.40. The number of hydrogen-bond acceptors (Lipinski definition) is 4. The summed E-state index contributed by atoms with van der Waals surface area (Å²) in [6, 6.07) is 16.1. The smallest absolute Gasteiger partial charge is 0.118 e. The first-order valence-electron chi connectivity index (χ1n) is 7.79. The minimum absolute atomic E-state index is 0.778. The fraction of sp³-hybridized carbons (Fsp3) is 0.211. The van der Waals surface area contributed by atoms with Crippen LogP contribution >= 0.6 is 22.9 Å². The van der Waals surface area contributed by atoms with Crippen molar-refractivity contribution in [2.75, 3.05) is 13.7 Å². The van der Waals surface area contributed by atoms with Crippen LogP contribution in [0.25, 0.3) is 10.4 Å². The Kier molecular flexibility index (Phi) is 5.86. The Morgan fingerprint density at radius 3 is 2.54 bits per heavy atom. The van der Waals surface area contributed by atoms with Gasteiger partial charge < -0.3 is 10.1 Å². The van der Waals surface area contributed by atoms with Crippen molar-refractivity contribution in [1.82, 2.24) is 10.3 Å². The molecule has 0 radical (unpaired) electrons. The molecule has 5 heteroatoms. The number of rotatable bonds is 7. The molecule has 3 rings (SSSR count). The Morgan fingerprint density at radius 2 is 1.83 bits per heavy atom. The number of nitrogens with one attached hydrogen (secondary N) is 1. The van der Waals surface area contributed by atoms with E-state index < -0.39 is 0 Å². The summed E-state index contributed by atoms with van der Waals surface area (Å²) >= 11 is 7.61. The van der Waals surface area contributed by atoms with E-state index in [1.807, 2.05) is 30.5 Å². The summed E-state index contributed by atoms with van der Waals surface area (Å²) in [5.41, 5.74) is 2.45. The zero-order valence-corrected chi connectivity index (χ0v) is 15.0. The Labute approximate surface area is 151 Å². The molecule has 0 spiro atoms. The molecular weight excluding hydrogens is 340 g/mol. The third-order valence-corrected chi connectivity index (χ3v) is 5.01. The lowest BCUT2D eigenvalue weighted by Gasteiger charge is -2.03. The lowest BCUT2D eigenvalue weighted by Crippen LogP contribution is -2.16. The average Bonchev–Trinajstić information content (AvgIpc) is 3.09. The van der Waals surface area contributed by atoms with Gasteiger partial charge in [0.05, 0.1) is 12.0 Å². The predicted octanol–water partition coefficient (Wildman–Crippen LogP) is 4.80. The number of nitrogens with zero attached hydrogens (tertiary/aromatic N) is 1. The van der Waals surface area contributed by atoms with Gasteiger partial charge in [0, 0.05) is 17.8 Å². The number of hydrogen-bond donors (Lipinski definition) is 1. The molecule has 0 aliphatic heterocycles. The van der Waals surface area contributed by atoms with E-state index in [4.69, 9.17) is 16.3 Å². The van der Waals surface area contributed by atoms with E-state index in [1.54, 1.807) is 18.4 Å². The number of methoxy groups -OCH3 is 1. The molecule has 0 aliphatic rings. The fourth-order valence-electron chi connectivity index (χ4n) is 2.36. The molecule has 0 fully saturated rings. The quantitative estimate of drug-likeness (QED) is 0.616. The molecule has 1 N–H and O–H groups in total. The summed E-state index contributed by atoms with van der Waals surface area (Å²) in [5.74, 6) is 0.868. The zero-order valence-electron chi connectivity index (χ0n) is 13.5. The van der Waals surface area contributed by atoms with Gasteiger partial charge in [-0.2, -0.15) is 0 Å². The third kappa shape index (κ3) is 4.57. The van der Waals surface area contributed by atoms with Crippen LogP contribution in [0.5, 0.6) is 5.75 Å². The molecule has 1 aromatic heterocycles. The maximum Gasteiger partial charge on any atom is 0.118 e. The van der Waals surface area contributed by atoms with Crippen LogP contribution in [-0.2, 0) is 13.0 Å². The second kappa shape index (κ2) is 8.29. The van der Waals surface area contributed by atoms with E-state index in [0.29, 0.717) is 0 Å². The molecule has 24 heavy (non-hydrogen) atoms. The van der Waals surface area contributed by atoms with Crippen molar-refractivity contribution in [2.24, 2.45) is 0 Å². The van der Waals surface area contributed by atoms with Gasteiger partial charge in [-0.05, 0) is 60.5 Å². The molecule has 0 aliphatic carbocycles. The minimum Gasteiger partial charge on any atom is -0.497 e. The standard InChI is InChI=1S/C19H19ClN2OS/c1-23-17-8-4-15(5-9-17)18-12-22-19(24-18)13-21-11-10-14-2-6-16(20)7-3-14/h2-9,12,21H,10-11,13H2,1H3. The highest BCUT2D eigenvalue weighted by Crippen LogP contribution is 2.27. The van der Waals surface area contributed by atoms with Crippen LogP contribution in [0.3, 0.4) is 0 Å². The number of benzene rings is 2. The van der Waals surface area contributed by atoms with Gasteiger partial charge in [-0.15, -0.1) is 11.3 Å². The Hall–Kier alpha value is -1.88. The first-order valence-corrected chi connectivity index (χ1v) is 8.98. The molecule has 0 saturated carbocycles. The highest BCUT2D eigenvalue weighted by atomic mass is 35.5. The third-order valence-electron chi connectivity index (χ3n) is 3.71. The highest BCUT2D eigenvalue weighted by molar-refractivity contribution is 7.15. The lowest BCUT2D eigenvalue weighted by molar-refractivity contribution is 0.415. The van der Waals surface area contributed by atoms with Crippen molar-refractivity contribution in [1.29, 1.82) is 0 Å². The fourth-order valence-corrected chi connectivity index (χ4v) is 3.38. The molecule has 1 heterocycles. The lowest BCUT2D eigenvalue weighted by atomic mass is 10.1. The molecule has 0 atom stereocenters. The van der Waals surface area contributed by atoms with Crippen molar-refractivity contribution < 1.29 is 4.74 Å². The Balaban J connectivity index is 1.49. The van der Waals surface area contributed by atoms with E-state index in [1.165, 1.54) is 16.0 Å². The van der Waals surface area contributed by atoms with Gasteiger partial charge in [0.2, 0.25) is 0 Å². The largest absolute Gasteiger partial charge is 0.497 e. The highest BCUT2D eigenvalue weighted by Gasteiger charge is 2.05. The van der Waals surface area contributed by atoms with Crippen LogP contribution in [-0.4, -0.2) is 18.6 Å². The van der Waals surface area contributed by atoms with Crippen LogP contribution in [0.4, 0.5) is 0 Å². The van der Waals surface area contributed by atoms with Gasteiger partial charge in [-0.3, -0.25) is 0 Å². The van der Waals surface area contributed by atoms with Gasteiger partial charge >= 0.3 is 0 Å². The van der Waals surface area contributed by atoms with Crippen LogP contribution in [0.15, 0.2) is 54.7 Å². The van der Waals surface area contributed by atoms with Gasteiger partial charge in [0.15, 0.2) is 0 Å². The summed E-state index contributed by atoms with van der Waals surface area (Å²) in [5, 5.41) is 5.32. The normalized spacial score (nSPS) is 10.8. The summed E-state index contributed by atoms with van der Waals surface area (Å²) in [6.07, 6.45) is 2.91. The molecule has 3 aromatic rings. The van der Waals surface area contributed by atoms with Crippen LogP contribution in [0.2, 0.25) is 5.02 Å². The molecule has 0 amide bonds. The van der Waals surface area contributed by atoms with E-state index >= 15 is 0 Å². The number of ether oxygens (including phenoxy) is 1. The van der Waals surface area contributed by atoms with E-state index in [9.17, 15) is 0 Å². The maximum absolute atomic E-state index is 5.89. The van der Waals surface area contributed by atoms with Crippen LogP contribution in [0, 0.1) is 0 Å². The first kappa shape index (κ1) is 17.0. The average molecular weight is 359 g/mol. The van der Waals surface area contributed by atoms with Gasteiger partial charge in [0.1, 0.15) is 10.8 Å². The number of thiazole rings is 1. The van der Waals surface area contributed by atoms with Crippen molar-refractivity contribution in [3.63, 3.8) is 0 Å². The van der Waals surface area contributed by atoms with E-state index in [-0.39, 0.29) is 0 Å². The summed E-state index contributed by atoms with van der Waals surface area (Å²) in [6.45, 7) is 1.70. The SMILES string of the molecule is COc1ccc(-c2cnc(CNCCc3ccc(Cl)cc3)s2)cc1. The molecule has 2 aromatic carbocycles.